The largest absolute Gasteiger partial charge is 0.397 e. The van der Waals surface area contributed by atoms with Crippen molar-refractivity contribution < 1.29 is 9.59 Å². The van der Waals surface area contributed by atoms with Gasteiger partial charge in [0.1, 0.15) is 11.6 Å². The summed E-state index contributed by atoms with van der Waals surface area (Å²) in [5.41, 5.74) is 10.3. The number of aromatic nitrogens is 4. The highest BCUT2D eigenvalue weighted by Gasteiger charge is 2.26. The first-order valence-corrected chi connectivity index (χ1v) is 11.2. The second kappa shape index (κ2) is 9.30. The van der Waals surface area contributed by atoms with Crippen LogP contribution in [-0.2, 0) is 22.4 Å². The van der Waals surface area contributed by atoms with Gasteiger partial charge in [0.05, 0.1) is 29.5 Å². The van der Waals surface area contributed by atoms with Gasteiger partial charge >= 0.3 is 0 Å². The third kappa shape index (κ3) is 4.56. The Labute approximate surface area is 201 Å². The number of aromatic amines is 2. The number of nitrogens with zero attached hydrogens (tertiary/aromatic N) is 3. The first-order valence-electron chi connectivity index (χ1n) is 11.2. The maximum atomic E-state index is 13.6. The highest BCUT2D eigenvalue weighted by atomic mass is 16.2. The Hall–Kier alpha value is -4.66. The summed E-state index contributed by atoms with van der Waals surface area (Å²) in [6.45, 7) is 0. The number of carbonyl (C=O) groups excluding carboxylic acids is 2. The average molecular weight is 468 g/mol. The smallest absolute Gasteiger partial charge is 0.249 e. The molecule has 5 N–H and O–H groups in total. The third-order valence-electron chi connectivity index (χ3n) is 6.09. The zero-order valence-corrected chi connectivity index (χ0v) is 19.2. The maximum absolute atomic E-state index is 13.6. The molecule has 0 aliphatic heterocycles. The average Bonchev–Trinajstić information content (AvgIpc) is 3.51. The summed E-state index contributed by atoms with van der Waals surface area (Å²) in [5.74, 6) is -0.505. The molecular weight excluding hydrogens is 442 g/mol. The lowest BCUT2D eigenvalue weighted by molar-refractivity contribution is -0.127. The van der Waals surface area contributed by atoms with Crippen LogP contribution in [0, 0.1) is 0 Å². The molecule has 0 aliphatic rings. The van der Waals surface area contributed by atoms with Gasteiger partial charge in [-0.05, 0) is 29.8 Å². The van der Waals surface area contributed by atoms with E-state index >= 15 is 0 Å². The molecule has 3 aromatic carbocycles. The number of H-pyrrole nitrogens is 2. The Morgan fingerprint density at radius 1 is 1.06 bits per heavy atom. The molecule has 5 rings (SSSR count). The van der Waals surface area contributed by atoms with Gasteiger partial charge in [-0.2, -0.15) is 10.2 Å². The molecule has 35 heavy (non-hydrogen) atoms. The molecule has 0 unspecified atom stereocenters. The van der Waals surface area contributed by atoms with E-state index in [1.807, 2.05) is 60.7 Å². The molecule has 1 atom stereocenters. The van der Waals surface area contributed by atoms with Gasteiger partial charge in [-0.1, -0.05) is 42.5 Å². The predicted octanol–water partition coefficient (Wildman–Crippen LogP) is 2.95. The van der Waals surface area contributed by atoms with E-state index < -0.39 is 6.04 Å². The highest BCUT2D eigenvalue weighted by molar-refractivity contribution is 6.01. The number of nitrogens with one attached hydrogen (secondary N) is 3. The van der Waals surface area contributed by atoms with Gasteiger partial charge in [0.15, 0.2) is 0 Å². The van der Waals surface area contributed by atoms with Gasteiger partial charge in [0, 0.05) is 29.9 Å². The number of nitrogen functional groups attached to an aromatic ring is 1. The molecular formula is C26H25N7O2. The summed E-state index contributed by atoms with van der Waals surface area (Å²) in [6.07, 6.45) is 2.12. The van der Waals surface area contributed by atoms with Gasteiger partial charge < -0.3 is 16.0 Å². The van der Waals surface area contributed by atoms with Gasteiger partial charge in [-0.15, -0.1) is 0 Å². The summed E-state index contributed by atoms with van der Waals surface area (Å²) in [5, 5.41) is 18.7. The van der Waals surface area contributed by atoms with Crippen LogP contribution in [0.3, 0.4) is 0 Å². The van der Waals surface area contributed by atoms with Crippen molar-refractivity contribution in [2.75, 3.05) is 17.7 Å². The van der Waals surface area contributed by atoms with Crippen molar-refractivity contribution in [3.8, 4) is 0 Å². The van der Waals surface area contributed by atoms with Crippen LogP contribution in [0.15, 0.2) is 72.9 Å². The number of hydrogen-bond donors (Lipinski definition) is 4. The monoisotopic (exact) mass is 467 g/mol. The molecule has 0 saturated carbocycles. The highest BCUT2D eigenvalue weighted by Crippen LogP contribution is 2.23. The number of likely N-dealkylation sites (N-methyl/N-ethyl adjacent to an activating group) is 1. The van der Waals surface area contributed by atoms with E-state index in [9.17, 15) is 9.59 Å². The molecule has 0 spiro atoms. The Morgan fingerprint density at radius 3 is 2.71 bits per heavy atom. The Kier molecular flexibility index (Phi) is 5.88. The lowest BCUT2D eigenvalue weighted by atomic mass is 10.0. The molecule has 2 heterocycles. The van der Waals surface area contributed by atoms with E-state index in [0.717, 1.165) is 21.9 Å². The topological polar surface area (TPSA) is 133 Å². The molecule has 0 radical (unpaired) electrons. The molecule has 2 amide bonds. The normalized spacial score (nSPS) is 12.0. The molecule has 0 saturated heterocycles. The number of fused-ring (bicyclic) bond motifs is 2. The minimum atomic E-state index is -0.755. The van der Waals surface area contributed by atoms with Gasteiger partial charge in [-0.25, -0.2) is 0 Å². The van der Waals surface area contributed by atoms with E-state index in [4.69, 9.17) is 5.73 Å². The lowest BCUT2D eigenvalue weighted by Crippen LogP contribution is -2.49. The summed E-state index contributed by atoms with van der Waals surface area (Å²) in [7, 11) is 1.71. The van der Waals surface area contributed by atoms with Crippen LogP contribution in [0.5, 0.6) is 0 Å². The predicted molar refractivity (Wildman–Crippen MR) is 136 cm³/mol. The summed E-state index contributed by atoms with van der Waals surface area (Å²) in [4.78, 5) is 28.2. The van der Waals surface area contributed by atoms with Crippen molar-refractivity contribution in [3.63, 3.8) is 0 Å². The molecule has 0 aliphatic carbocycles. The molecule has 2 aromatic heterocycles. The Morgan fingerprint density at radius 2 is 1.89 bits per heavy atom. The van der Waals surface area contributed by atoms with Gasteiger partial charge in [-0.3, -0.25) is 19.8 Å². The Balaban J connectivity index is 1.38. The van der Waals surface area contributed by atoms with E-state index in [-0.39, 0.29) is 18.2 Å². The van der Waals surface area contributed by atoms with Crippen molar-refractivity contribution in [3.05, 3.63) is 84.2 Å². The fourth-order valence-corrected chi connectivity index (χ4v) is 4.20. The molecule has 0 fully saturated rings. The van der Waals surface area contributed by atoms with Crippen molar-refractivity contribution in [2.24, 2.45) is 0 Å². The number of nitrogens with two attached hydrogens (primary N) is 1. The third-order valence-corrected chi connectivity index (χ3v) is 6.09. The van der Waals surface area contributed by atoms with Crippen LogP contribution < -0.4 is 16.0 Å². The standard InChI is InChI=1S/C26H25N7O2/c1-33(18-10-11-21-17(13-18)15-28-30-21)26(35)23(12-16-6-3-2-4-7-16)29-24(34)14-22-19-8-5-9-20(27)25(19)32-31-22/h2-11,13,15,23H,12,14,27H2,1H3,(H,28,30)(H,29,34)(H,31,32)/t23-/m1/s1. The molecule has 5 aromatic rings. The quantitative estimate of drug-likeness (QED) is 0.273. The van der Waals surface area contributed by atoms with Crippen LogP contribution in [0.1, 0.15) is 11.3 Å². The Bertz CT molecular complexity index is 1510. The summed E-state index contributed by atoms with van der Waals surface area (Å²) >= 11 is 0. The minimum Gasteiger partial charge on any atom is -0.397 e. The summed E-state index contributed by atoms with van der Waals surface area (Å²) < 4.78 is 0. The van der Waals surface area contributed by atoms with Gasteiger partial charge in [0.25, 0.3) is 0 Å². The number of amides is 2. The maximum Gasteiger partial charge on any atom is 0.249 e. The SMILES string of the molecule is CN(C(=O)[C@@H](Cc1ccccc1)NC(=O)Cc1[nH]nc2c(N)cccc12)c1ccc2[nH]ncc2c1. The lowest BCUT2D eigenvalue weighted by Gasteiger charge is -2.25. The molecule has 0 bridgehead atoms. The number of anilines is 2. The second-order valence-corrected chi connectivity index (χ2v) is 8.47. The fraction of sp³-hybridized carbons (Fsp3) is 0.154. The number of benzene rings is 3. The summed E-state index contributed by atoms with van der Waals surface area (Å²) in [6, 6.07) is 19.9. The first-order chi connectivity index (χ1) is 17.0. The molecule has 176 valence electrons. The van der Waals surface area contributed by atoms with Crippen LogP contribution in [-0.4, -0.2) is 45.3 Å². The number of rotatable bonds is 7. The van der Waals surface area contributed by atoms with E-state index in [0.29, 0.717) is 29.0 Å². The van der Waals surface area contributed by atoms with Crippen molar-refractivity contribution in [2.45, 2.75) is 18.9 Å². The van der Waals surface area contributed by atoms with Crippen LogP contribution >= 0.6 is 0 Å². The van der Waals surface area contributed by atoms with Crippen LogP contribution in [0.2, 0.25) is 0 Å². The van der Waals surface area contributed by atoms with Gasteiger partial charge in [0.2, 0.25) is 11.8 Å². The molecule has 9 heteroatoms. The van der Waals surface area contributed by atoms with Crippen molar-refractivity contribution in [1.82, 2.24) is 25.7 Å². The second-order valence-electron chi connectivity index (χ2n) is 8.47. The van der Waals surface area contributed by atoms with Crippen molar-refractivity contribution in [1.29, 1.82) is 0 Å². The minimum absolute atomic E-state index is 0.0449. The van der Waals surface area contributed by atoms with Crippen molar-refractivity contribution >= 4 is 45.0 Å². The zero-order valence-electron chi connectivity index (χ0n) is 19.2. The van der Waals surface area contributed by atoms with E-state index in [1.54, 1.807) is 24.2 Å². The number of hydrogen-bond acceptors (Lipinski definition) is 5. The molecule has 9 nitrogen and oxygen atoms in total. The number of carbonyl (C=O) groups is 2. The van der Waals surface area contributed by atoms with Crippen LogP contribution in [0.25, 0.3) is 21.8 Å². The number of para-hydroxylation sites is 1. The van der Waals surface area contributed by atoms with E-state index in [1.165, 1.54) is 0 Å². The fourth-order valence-electron chi connectivity index (χ4n) is 4.20. The first kappa shape index (κ1) is 22.1. The van der Waals surface area contributed by atoms with E-state index in [2.05, 4.69) is 25.7 Å². The van der Waals surface area contributed by atoms with Crippen LogP contribution in [0.4, 0.5) is 11.4 Å². The zero-order chi connectivity index (χ0) is 24.4.